The van der Waals surface area contributed by atoms with Gasteiger partial charge in [-0.3, -0.25) is 9.59 Å². The summed E-state index contributed by atoms with van der Waals surface area (Å²) in [5.41, 5.74) is 2.91. The minimum atomic E-state index is -0.0251. The predicted octanol–water partition coefficient (Wildman–Crippen LogP) is 3.31. The first-order chi connectivity index (χ1) is 15.6. The normalized spacial score (nSPS) is 14.4. The van der Waals surface area contributed by atoms with Crippen LogP contribution < -0.4 is 5.32 Å². The summed E-state index contributed by atoms with van der Waals surface area (Å²) in [5.74, 6) is 1.61. The van der Waals surface area contributed by atoms with Gasteiger partial charge in [0.25, 0.3) is 5.91 Å². The Balaban J connectivity index is 1.40. The Morgan fingerprint density at radius 2 is 1.69 bits per heavy atom. The summed E-state index contributed by atoms with van der Waals surface area (Å²) in [5, 5.41) is 11.5. The molecule has 3 aromatic rings. The molecule has 1 aromatic heterocycles. The highest BCUT2D eigenvalue weighted by Crippen LogP contribution is 2.20. The Kier molecular flexibility index (Phi) is 6.63. The molecule has 2 aromatic carbocycles. The number of benzene rings is 2. The number of carbonyl (C=O) groups excluding carboxylic acids is 2. The van der Waals surface area contributed by atoms with Crippen molar-refractivity contribution in [3.8, 4) is 11.1 Å². The van der Waals surface area contributed by atoms with E-state index < -0.39 is 0 Å². The van der Waals surface area contributed by atoms with Crippen LogP contribution in [0.3, 0.4) is 0 Å². The van der Waals surface area contributed by atoms with Gasteiger partial charge in [0.15, 0.2) is 5.82 Å². The van der Waals surface area contributed by atoms with E-state index in [-0.39, 0.29) is 17.7 Å². The molecule has 0 saturated heterocycles. The SMILES string of the molecule is CC[C@H](C)C(=O)NCc1nnc2n1CCN(C(=O)c1ccc(-c3ccccc3)cc1)CC2. The van der Waals surface area contributed by atoms with Crippen LogP contribution in [0.5, 0.6) is 0 Å². The number of fused-ring (bicyclic) bond motifs is 1. The molecule has 32 heavy (non-hydrogen) atoms. The molecule has 166 valence electrons. The third-order valence-corrected chi connectivity index (χ3v) is 6.11. The van der Waals surface area contributed by atoms with Crippen LogP contribution in [0.2, 0.25) is 0 Å². The van der Waals surface area contributed by atoms with Crippen molar-refractivity contribution in [1.29, 1.82) is 0 Å². The van der Waals surface area contributed by atoms with Gasteiger partial charge in [0.05, 0.1) is 6.54 Å². The van der Waals surface area contributed by atoms with Crippen molar-refractivity contribution >= 4 is 11.8 Å². The molecule has 0 spiro atoms. The van der Waals surface area contributed by atoms with E-state index in [0.717, 1.165) is 29.2 Å². The van der Waals surface area contributed by atoms with E-state index in [1.165, 1.54) is 0 Å². The van der Waals surface area contributed by atoms with Crippen molar-refractivity contribution in [2.24, 2.45) is 5.92 Å². The van der Waals surface area contributed by atoms with Gasteiger partial charge in [0.2, 0.25) is 5.91 Å². The molecule has 0 saturated carbocycles. The zero-order valence-corrected chi connectivity index (χ0v) is 18.6. The van der Waals surface area contributed by atoms with Crippen LogP contribution in [0.15, 0.2) is 54.6 Å². The van der Waals surface area contributed by atoms with Gasteiger partial charge in [-0.1, -0.05) is 56.3 Å². The number of carbonyl (C=O) groups is 2. The molecule has 4 rings (SSSR count). The topological polar surface area (TPSA) is 80.1 Å². The van der Waals surface area contributed by atoms with Gasteiger partial charge in [0.1, 0.15) is 5.82 Å². The fraction of sp³-hybridized carbons (Fsp3) is 0.360. The van der Waals surface area contributed by atoms with Gasteiger partial charge in [-0.25, -0.2) is 0 Å². The van der Waals surface area contributed by atoms with E-state index in [1.807, 2.05) is 65.8 Å². The van der Waals surface area contributed by atoms with Crippen molar-refractivity contribution in [3.63, 3.8) is 0 Å². The van der Waals surface area contributed by atoms with Crippen LogP contribution in [0.25, 0.3) is 11.1 Å². The van der Waals surface area contributed by atoms with Gasteiger partial charge in [-0.15, -0.1) is 10.2 Å². The molecule has 1 aliphatic rings. The van der Waals surface area contributed by atoms with Gasteiger partial charge in [-0.05, 0) is 29.7 Å². The largest absolute Gasteiger partial charge is 0.349 e. The Bertz CT molecular complexity index is 1080. The second-order valence-electron chi connectivity index (χ2n) is 8.20. The van der Waals surface area contributed by atoms with Crippen LogP contribution in [-0.2, 0) is 24.3 Å². The van der Waals surface area contributed by atoms with Gasteiger partial charge in [-0.2, -0.15) is 0 Å². The highest BCUT2D eigenvalue weighted by atomic mass is 16.2. The fourth-order valence-corrected chi connectivity index (χ4v) is 3.86. The Hall–Kier alpha value is -3.48. The lowest BCUT2D eigenvalue weighted by molar-refractivity contribution is -0.124. The molecule has 1 aliphatic heterocycles. The smallest absolute Gasteiger partial charge is 0.253 e. The van der Waals surface area contributed by atoms with E-state index in [2.05, 4.69) is 27.6 Å². The number of rotatable bonds is 6. The zero-order chi connectivity index (χ0) is 22.5. The monoisotopic (exact) mass is 431 g/mol. The summed E-state index contributed by atoms with van der Waals surface area (Å²) in [6.45, 7) is 6.05. The van der Waals surface area contributed by atoms with E-state index in [1.54, 1.807) is 0 Å². The maximum Gasteiger partial charge on any atom is 0.253 e. The third kappa shape index (κ3) is 4.72. The van der Waals surface area contributed by atoms with Crippen LogP contribution in [0.4, 0.5) is 0 Å². The Morgan fingerprint density at radius 1 is 0.969 bits per heavy atom. The number of amides is 2. The molecule has 2 amide bonds. The maximum atomic E-state index is 13.1. The Labute approximate surface area is 188 Å². The number of hydrogen-bond acceptors (Lipinski definition) is 4. The summed E-state index contributed by atoms with van der Waals surface area (Å²) in [4.78, 5) is 27.1. The van der Waals surface area contributed by atoms with Crippen molar-refractivity contribution in [2.45, 2.75) is 39.8 Å². The third-order valence-electron chi connectivity index (χ3n) is 6.11. The molecular formula is C25H29N5O2. The average molecular weight is 432 g/mol. The van der Waals surface area contributed by atoms with Gasteiger partial charge < -0.3 is 14.8 Å². The molecule has 1 atom stereocenters. The predicted molar refractivity (Wildman–Crippen MR) is 123 cm³/mol. The minimum Gasteiger partial charge on any atom is -0.349 e. The first kappa shape index (κ1) is 21.7. The van der Waals surface area contributed by atoms with Crippen LogP contribution >= 0.6 is 0 Å². The molecule has 7 heteroatoms. The van der Waals surface area contributed by atoms with Crippen molar-refractivity contribution in [3.05, 3.63) is 71.8 Å². The van der Waals surface area contributed by atoms with E-state index in [9.17, 15) is 9.59 Å². The second-order valence-corrected chi connectivity index (χ2v) is 8.20. The molecule has 0 fully saturated rings. The van der Waals surface area contributed by atoms with Gasteiger partial charge >= 0.3 is 0 Å². The summed E-state index contributed by atoms with van der Waals surface area (Å²) in [7, 11) is 0. The molecule has 1 N–H and O–H groups in total. The number of nitrogens with zero attached hydrogens (tertiary/aromatic N) is 4. The highest BCUT2D eigenvalue weighted by molar-refractivity contribution is 5.94. The fourth-order valence-electron chi connectivity index (χ4n) is 3.86. The van der Waals surface area contributed by atoms with E-state index >= 15 is 0 Å². The molecule has 0 bridgehead atoms. The first-order valence-electron chi connectivity index (χ1n) is 11.2. The second kappa shape index (κ2) is 9.77. The quantitative estimate of drug-likeness (QED) is 0.649. The van der Waals surface area contributed by atoms with E-state index in [4.69, 9.17) is 0 Å². The van der Waals surface area contributed by atoms with E-state index in [0.29, 0.717) is 38.2 Å². The van der Waals surface area contributed by atoms with Crippen LogP contribution in [0.1, 0.15) is 42.3 Å². The Morgan fingerprint density at radius 3 is 2.41 bits per heavy atom. The number of hydrogen-bond donors (Lipinski definition) is 1. The molecule has 2 heterocycles. The summed E-state index contributed by atoms with van der Waals surface area (Å²) in [6.07, 6.45) is 1.44. The van der Waals surface area contributed by atoms with Crippen LogP contribution in [0, 0.1) is 5.92 Å². The standard InChI is InChI=1S/C25H29N5O2/c1-3-18(2)24(31)26-17-23-28-27-22-13-14-29(15-16-30(22)23)25(32)21-11-9-20(10-12-21)19-7-5-4-6-8-19/h4-12,18H,3,13-17H2,1-2H3,(H,26,31)/t18-/m0/s1. The molecule has 0 aliphatic carbocycles. The lowest BCUT2D eigenvalue weighted by Crippen LogP contribution is -2.34. The van der Waals surface area contributed by atoms with Crippen molar-refractivity contribution in [1.82, 2.24) is 25.0 Å². The molecule has 0 unspecified atom stereocenters. The average Bonchev–Trinajstić information content (AvgIpc) is 3.11. The zero-order valence-electron chi connectivity index (χ0n) is 18.6. The summed E-state index contributed by atoms with van der Waals surface area (Å²) in [6, 6.07) is 17.9. The maximum absolute atomic E-state index is 13.1. The lowest BCUT2D eigenvalue weighted by Gasteiger charge is -2.20. The highest BCUT2D eigenvalue weighted by Gasteiger charge is 2.23. The van der Waals surface area contributed by atoms with Crippen molar-refractivity contribution < 1.29 is 9.59 Å². The summed E-state index contributed by atoms with van der Waals surface area (Å²) < 4.78 is 2.03. The number of aromatic nitrogens is 3. The van der Waals surface area contributed by atoms with Gasteiger partial charge in [0, 0.05) is 37.5 Å². The molecule has 0 radical (unpaired) electrons. The first-order valence-corrected chi connectivity index (χ1v) is 11.2. The summed E-state index contributed by atoms with van der Waals surface area (Å²) >= 11 is 0. The van der Waals surface area contributed by atoms with Crippen molar-refractivity contribution in [2.75, 3.05) is 13.1 Å². The lowest BCUT2D eigenvalue weighted by atomic mass is 10.0. The van der Waals surface area contributed by atoms with Crippen LogP contribution in [-0.4, -0.2) is 44.6 Å². The molecular weight excluding hydrogens is 402 g/mol. The molecule has 7 nitrogen and oxygen atoms in total. The number of nitrogens with one attached hydrogen (secondary N) is 1. The minimum absolute atomic E-state index is 0.0224.